The van der Waals surface area contributed by atoms with Gasteiger partial charge in [0.2, 0.25) is 0 Å². The SMILES string of the molecule is CC1CC(Nc2ccccc2)c2ccccc2N1C(=O)c1ccc(C2CCN(OC(=O)C(C)(C)C)CC2)cc1. The molecule has 1 N–H and O–H groups in total. The summed E-state index contributed by atoms with van der Waals surface area (Å²) in [5.41, 5.74) is 4.61. The van der Waals surface area contributed by atoms with Crippen molar-refractivity contribution < 1.29 is 14.4 Å². The van der Waals surface area contributed by atoms with Crippen LogP contribution >= 0.6 is 0 Å². The number of piperidine rings is 1. The standard InChI is InChI=1S/C33H39N3O3/c1-23-22-29(34-27-10-6-5-7-11-27)28-12-8-9-13-30(28)36(23)31(37)26-16-14-24(15-17-26)25-18-20-35(21-19-25)39-32(38)33(2,3)4/h5-17,23,25,29,34H,18-22H2,1-4H3. The smallest absolute Gasteiger partial charge is 0.330 e. The highest BCUT2D eigenvalue weighted by molar-refractivity contribution is 6.07. The maximum atomic E-state index is 13.8. The van der Waals surface area contributed by atoms with Crippen molar-refractivity contribution in [2.24, 2.45) is 5.41 Å². The molecule has 2 atom stereocenters. The van der Waals surface area contributed by atoms with Crippen molar-refractivity contribution in [2.75, 3.05) is 23.3 Å². The number of amides is 1. The van der Waals surface area contributed by atoms with Crippen LogP contribution in [0.15, 0.2) is 78.9 Å². The maximum Gasteiger partial charge on any atom is 0.330 e. The van der Waals surface area contributed by atoms with Gasteiger partial charge in [-0.25, -0.2) is 4.79 Å². The van der Waals surface area contributed by atoms with E-state index in [1.165, 1.54) is 5.56 Å². The van der Waals surface area contributed by atoms with Crippen LogP contribution in [0.2, 0.25) is 0 Å². The van der Waals surface area contributed by atoms with E-state index < -0.39 is 5.41 Å². The summed E-state index contributed by atoms with van der Waals surface area (Å²) in [5, 5.41) is 5.45. The Morgan fingerprint density at radius 1 is 0.872 bits per heavy atom. The molecule has 0 spiro atoms. The highest BCUT2D eigenvalue weighted by Gasteiger charge is 2.34. The van der Waals surface area contributed by atoms with Gasteiger partial charge in [0.05, 0.1) is 11.5 Å². The first-order valence-electron chi connectivity index (χ1n) is 14.0. The predicted molar refractivity (Wildman–Crippen MR) is 156 cm³/mol. The zero-order valence-corrected chi connectivity index (χ0v) is 23.4. The molecule has 0 saturated carbocycles. The third-order valence-corrected chi connectivity index (χ3v) is 7.83. The summed E-state index contributed by atoms with van der Waals surface area (Å²) in [7, 11) is 0. The van der Waals surface area contributed by atoms with Gasteiger partial charge < -0.3 is 15.1 Å². The summed E-state index contributed by atoms with van der Waals surface area (Å²) in [6.07, 6.45) is 2.65. The van der Waals surface area contributed by atoms with Crippen molar-refractivity contribution in [2.45, 2.75) is 65.0 Å². The van der Waals surface area contributed by atoms with Gasteiger partial charge in [-0.15, -0.1) is 5.06 Å². The molecule has 3 aromatic rings. The summed E-state index contributed by atoms with van der Waals surface area (Å²) < 4.78 is 0. The number of nitrogens with zero attached hydrogens (tertiary/aromatic N) is 2. The number of carbonyl (C=O) groups excluding carboxylic acids is 2. The van der Waals surface area contributed by atoms with Crippen LogP contribution in [0.4, 0.5) is 11.4 Å². The van der Waals surface area contributed by atoms with E-state index in [2.05, 4.69) is 48.6 Å². The molecular formula is C33H39N3O3. The van der Waals surface area contributed by atoms with Gasteiger partial charge in [0.1, 0.15) is 0 Å². The molecule has 2 unspecified atom stereocenters. The van der Waals surface area contributed by atoms with Crippen LogP contribution in [0.3, 0.4) is 0 Å². The summed E-state index contributed by atoms with van der Waals surface area (Å²) in [4.78, 5) is 33.5. The molecule has 39 heavy (non-hydrogen) atoms. The number of para-hydroxylation sites is 2. The molecule has 1 amide bonds. The monoisotopic (exact) mass is 525 g/mol. The fourth-order valence-corrected chi connectivity index (χ4v) is 5.57. The fraction of sp³-hybridized carbons (Fsp3) is 0.394. The van der Waals surface area contributed by atoms with Crippen LogP contribution in [-0.4, -0.2) is 36.1 Å². The van der Waals surface area contributed by atoms with Crippen LogP contribution in [-0.2, 0) is 9.63 Å². The third kappa shape index (κ3) is 6.01. The minimum Gasteiger partial charge on any atom is -0.378 e. The number of anilines is 2. The number of nitrogens with one attached hydrogen (secondary N) is 1. The van der Waals surface area contributed by atoms with Gasteiger partial charge in [-0.3, -0.25) is 4.79 Å². The van der Waals surface area contributed by atoms with E-state index in [-0.39, 0.29) is 24.0 Å². The van der Waals surface area contributed by atoms with E-state index in [0.29, 0.717) is 24.6 Å². The predicted octanol–water partition coefficient (Wildman–Crippen LogP) is 6.96. The summed E-state index contributed by atoms with van der Waals surface area (Å²) in [6.45, 7) is 9.17. The van der Waals surface area contributed by atoms with Gasteiger partial charge >= 0.3 is 5.97 Å². The highest BCUT2D eigenvalue weighted by atomic mass is 16.7. The Bertz CT molecular complexity index is 1290. The number of benzene rings is 3. The first-order chi connectivity index (χ1) is 18.7. The lowest BCUT2D eigenvalue weighted by Gasteiger charge is -2.40. The second-order valence-electron chi connectivity index (χ2n) is 11.8. The van der Waals surface area contributed by atoms with Crippen LogP contribution in [0.5, 0.6) is 0 Å². The molecule has 6 heteroatoms. The molecule has 6 nitrogen and oxygen atoms in total. The number of fused-ring (bicyclic) bond motifs is 1. The Morgan fingerprint density at radius 2 is 1.51 bits per heavy atom. The van der Waals surface area contributed by atoms with E-state index in [4.69, 9.17) is 4.84 Å². The summed E-state index contributed by atoms with van der Waals surface area (Å²) in [5.74, 6) is 0.223. The van der Waals surface area contributed by atoms with Crippen LogP contribution < -0.4 is 10.2 Å². The normalized spacial score (nSPS) is 20.3. The van der Waals surface area contributed by atoms with Gasteiger partial charge in [-0.05, 0) is 94.3 Å². The average molecular weight is 526 g/mol. The number of rotatable bonds is 5. The van der Waals surface area contributed by atoms with E-state index in [0.717, 1.165) is 36.2 Å². The highest BCUT2D eigenvalue weighted by Crippen LogP contribution is 2.40. The van der Waals surface area contributed by atoms with Gasteiger partial charge in [0.15, 0.2) is 0 Å². The average Bonchev–Trinajstić information content (AvgIpc) is 2.93. The van der Waals surface area contributed by atoms with Crippen molar-refractivity contribution in [1.29, 1.82) is 0 Å². The van der Waals surface area contributed by atoms with Crippen molar-refractivity contribution in [3.05, 3.63) is 95.6 Å². The number of carbonyl (C=O) groups is 2. The number of hydrogen-bond acceptors (Lipinski definition) is 5. The number of hydroxylamine groups is 2. The Kier molecular flexibility index (Phi) is 7.76. The van der Waals surface area contributed by atoms with E-state index >= 15 is 0 Å². The Morgan fingerprint density at radius 3 is 2.18 bits per heavy atom. The van der Waals surface area contributed by atoms with E-state index in [1.54, 1.807) is 5.06 Å². The molecular weight excluding hydrogens is 486 g/mol. The zero-order valence-electron chi connectivity index (χ0n) is 23.4. The van der Waals surface area contributed by atoms with Gasteiger partial charge in [-0.1, -0.05) is 48.5 Å². The van der Waals surface area contributed by atoms with Gasteiger partial charge in [0, 0.05) is 36.1 Å². The first-order valence-corrected chi connectivity index (χ1v) is 14.0. The molecule has 3 aromatic carbocycles. The van der Waals surface area contributed by atoms with Crippen molar-refractivity contribution in [3.8, 4) is 0 Å². The van der Waals surface area contributed by atoms with E-state index in [1.807, 2.05) is 68.1 Å². The van der Waals surface area contributed by atoms with Gasteiger partial charge in [-0.2, -0.15) is 0 Å². The second kappa shape index (κ2) is 11.2. The molecule has 0 aliphatic carbocycles. The Hall–Kier alpha value is -3.64. The Balaban J connectivity index is 1.26. The van der Waals surface area contributed by atoms with Crippen molar-refractivity contribution in [1.82, 2.24) is 5.06 Å². The molecule has 1 fully saturated rings. The molecule has 2 heterocycles. The minimum absolute atomic E-state index is 0.0311. The molecule has 0 aromatic heterocycles. The van der Waals surface area contributed by atoms with Crippen molar-refractivity contribution in [3.63, 3.8) is 0 Å². The molecule has 0 radical (unpaired) electrons. The van der Waals surface area contributed by atoms with Crippen LogP contribution in [0, 0.1) is 5.41 Å². The third-order valence-electron chi connectivity index (χ3n) is 7.83. The molecule has 204 valence electrons. The lowest BCUT2D eigenvalue weighted by molar-refractivity contribution is -0.204. The van der Waals surface area contributed by atoms with Crippen LogP contribution in [0.1, 0.15) is 80.4 Å². The van der Waals surface area contributed by atoms with Crippen LogP contribution in [0.25, 0.3) is 0 Å². The maximum absolute atomic E-state index is 13.8. The lowest BCUT2D eigenvalue weighted by Crippen LogP contribution is -2.44. The van der Waals surface area contributed by atoms with Gasteiger partial charge in [0.25, 0.3) is 5.91 Å². The second-order valence-corrected chi connectivity index (χ2v) is 11.8. The summed E-state index contributed by atoms with van der Waals surface area (Å²) >= 11 is 0. The zero-order chi connectivity index (χ0) is 27.6. The van der Waals surface area contributed by atoms with Crippen molar-refractivity contribution >= 4 is 23.3 Å². The Labute approximate surface area is 231 Å². The molecule has 1 saturated heterocycles. The first kappa shape index (κ1) is 26.9. The topological polar surface area (TPSA) is 61.9 Å². The molecule has 5 rings (SSSR count). The quantitative estimate of drug-likeness (QED) is 0.390. The minimum atomic E-state index is -0.509. The molecule has 2 aliphatic heterocycles. The lowest BCUT2D eigenvalue weighted by atomic mass is 9.89. The largest absolute Gasteiger partial charge is 0.378 e. The molecule has 2 aliphatic rings. The number of hydrogen-bond donors (Lipinski definition) is 1. The van der Waals surface area contributed by atoms with E-state index in [9.17, 15) is 9.59 Å². The summed E-state index contributed by atoms with van der Waals surface area (Å²) in [6, 6.07) is 26.8. The molecule has 0 bridgehead atoms. The fourth-order valence-electron chi connectivity index (χ4n) is 5.57.